The zero-order valence-electron chi connectivity index (χ0n) is 10.8. The first-order valence-corrected chi connectivity index (χ1v) is 5.76. The minimum atomic E-state index is -2.24. The average molecular weight is 262 g/mol. The van der Waals surface area contributed by atoms with Crippen LogP contribution in [-0.2, 0) is 0 Å². The minimum absolute atomic E-state index is 0.133. The summed E-state index contributed by atoms with van der Waals surface area (Å²) in [7, 11) is 21.8. The number of ketones is 1. The van der Waals surface area contributed by atoms with Crippen molar-refractivity contribution < 1.29 is 19.4 Å². The van der Waals surface area contributed by atoms with Crippen molar-refractivity contribution >= 4 is 37.2 Å². The third kappa shape index (κ3) is 3.04. The average Bonchev–Trinajstić information content (AvgIpc) is 2.58. The zero-order valence-corrected chi connectivity index (χ0v) is 10.8. The summed E-state index contributed by atoms with van der Waals surface area (Å²) in [5, 5.41) is 11.9. The Labute approximate surface area is 122 Å². The Morgan fingerprint density at radius 1 is 1.40 bits per heavy atom. The second kappa shape index (κ2) is 4.90. The van der Waals surface area contributed by atoms with E-state index in [0.29, 0.717) is 0 Å². The summed E-state index contributed by atoms with van der Waals surface area (Å²) in [4.78, 5) is 12.3. The Hall–Kier alpha value is -1.33. The molecule has 0 amide bonds. The fraction of sp³-hybridized carbons (Fsp3) is 0.364. The van der Waals surface area contributed by atoms with Gasteiger partial charge in [-0.3, -0.25) is 4.79 Å². The van der Waals surface area contributed by atoms with Gasteiger partial charge in [-0.05, 0) is 25.1 Å². The monoisotopic (exact) mass is 263 g/mol. The molecule has 0 aliphatic carbocycles. The van der Waals surface area contributed by atoms with Crippen molar-refractivity contribution in [3.63, 3.8) is 0 Å². The van der Waals surface area contributed by atoms with Crippen molar-refractivity contribution in [3.8, 4) is 11.5 Å². The normalized spacial score (nSPS) is 23.6. The molecule has 0 saturated carbocycles. The van der Waals surface area contributed by atoms with E-state index in [4.69, 9.17) is 40.9 Å². The summed E-state index contributed by atoms with van der Waals surface area (Å²) in [6.07, 6.45) is 0. The molecule has 1 heterocycles. The van der Waals surface area contributed by atoms with Crippen LogP contribution >= 0.6 is 0 Å². The van der Waals surface area contributed by atoms with E-state index in [9.17, 15) is 9.90 Å². The maximum Gasteiger partial charge on any atom is 0.302 e. The number of hydrogen-bond acceptors (Lipinski definition) is 5. The summed E-state index contributed by atoms with van der Waals surface area (Å²) in [5.74, 6) is -3.30. The van der Waals surface area contributed by atoms with Gasteiger partial charge in [0.1, 0.15) is 7.85 Å². The van der Waals surface area contributed by atoms with Gasteiger partial charge >= 0.3 is 5.87 Å². The van der Waals surface area contributed by atoms with Crippen molar-refractivity contribution in [1.29, 1.82) is 0 Å². The van der Waals surface area contributed by atoms with E-state index in [1.807, 2.05) is 0 Å². The first-order valence-electron chi connectivity index (χ1n) is 5.76. The first kappa shape index (κ1) is 15.1. The minimum Gasteiger partial charge on any atom is -0.435 e. The third-order valence-corrected chi connectivity index (χ3v) is 2.66. The van der Waals surface area contributed by atoms with Crippen LogP contribution in [0.1, 0.15) is 17.3 Å². The lowest BCUT2D eigenvalue weighted by molar-refractivity contribution is -0.178. The Balaban J connectivity index is 2.26. The molecule has 1 unspecified atom stereocenters. The topological polar surface area (TPSA) is 67.8 Å². The van der Waals surface area contributed by atoms with Crippen molar-refractivity contribution in [1.82, 2.24) is 5.32 Å². The fourth-order valence-electron chi connectivity index (χ4n) is 1.86. The van der Waals surface area contributed by atoms with E-state index in [2.05, 4.69) is 5.32 Å². The number of Topliss-reactive ketones (excluding diaryl/α,β-unsaturated/α-hetero) is 1. The summed E-state index contributed by atoms with van der Waals surface area (Å²) in [6, 6.07) is 4.25. The van der Waals surface area contributed by atoms with Crippen LogP contribution in [0.25, 0.3) is 0 Å². The Morgan fingerprint density at radius 3 is 2.60 bits per heavy atom. The second-order valence-electron chi connectivity index (χ2n) is 4.70. The molecule has 5 nitrogen and oxygen atoms in total. The molecule has 1 aromatic carbocycles. The predicted molar refractivity (Wildman–Crippen MR) is 75.3 cm³/mol. The number of carbonyl (C=O) groups excluding carboxylic acids is 1. The van der Waals surface area contributed by atoms with Crippen molar-refractivity contribution in [2.24, 2.45) is 0 Å². The van der Waals surface area contributed by atoms with Crippen LogP contribution in [0, 0.1) is 0 Å². The van der Waals surface area contributed by atoms with Gasteiger partial charge in [-0.2, -0.15) is 0 Å². The molecule has 0 spiro atoms. The third-order valence-electron chi connectivity index (χ3n) is 2.66. The molecule has 2 rings (SSSR count). The highest BCUT2D eigenvalue weighted by atomic mass is 16.8. The quantitative estimate of drug-likeness (QED) is 0.511. The van der Waals surface area contributed by atoms with E-state index >= 15 is 0 Å². The van der Waals surface area contributed by atoms with E-state index in [1.54, 1.807) is 0 Å². The van der Waals surface area contributed by atoms with Gasteiger partial charge in [-0.15, -0.1) is 0 Å². The number of carbonyl (C=O) groups is 1. The lowest BCUT2D eigenvalue weighted by Gasteiger charge is -2.28. The molecule has 94 valence electrons. The maximum absolute atomic E-state index is 12.3. The van der Waals surface area contributed by atoms with E-state index in [1.165, 1.54) is 25.1 Å². The number of fused-ring (bicyclic) bond motifs is 1. The highest BCUT2D eigenvalue weighted by Gasteiger charge is 2.35. The van der Waals surface area contributed by atoms with E-state index < -0.39 is 22.9 Å². The van der Waals surface area contributed by atoms with Crippen molar-refractivity contribution in [3.05, 3.63) is 23.8 Å². The number of nitrogens with one attached hydrogen (secondary N) is 1. The number of aliphatic hydroxyl groups is 1. The van der Waals surface area contributed by atoms with Gasteiger partial charge in [-0.1, -0.05) is 5.84 Å². The molecule has 1 aliphatic rings. The number of rotatable bonds is 4. The molecule has 0 aromatic heterocycles. The second-order valence-corrected chi connectivity index (χ2v) is 4.70. The Morgan fingerprint density at radius 2 is 2.00 bits per heavy atom. The predicted octanol–water partition coefficient (Wildman–Crippen LogP) is -1.49. The highest BCUT2D eigenvalue weighted by Crippen LogP contribution is 2.38. The molecular formula is C11H9B4NO4. The standard InChI is InChI=1S/C11H9B4NO4/c1-10(14,16-9(12)13)8(17)5-2-3-6-7(4-5)20-11(15,18)19-6/h2-4,9,16,18H,1H3/t10-,11?/m0/s1. The first-order chi connectivity index (χ1) is 9.11. The van der Waals surface area contributed by atoms with E-state index in [-0.39, 0.29) is 17.1 Å². The van der Waals surface area contributed by atoms with E-state index in [0.717, 1.165) is 0 Å². The molecule has 0 fully saturated rings. The summed E-state index contributed by atoms with van der Waals surface area (Å²) < 4.78 is 9.82. The summed E-state index contributed by atoms with van der Waals surface area (Å²) >= 11 is 0. The van der Waals surface area contributed by atoms with Crippen LogP contribution in [0.5, 0.6) is 11.5 Å². The van der Waals surface area contributed by atoms with Crippen molar-refractivity contribution in [2.75, 3.05) is 0 Å². The fourth-order valence-corrected chi connectivity index (χ4v) is 1.86. The largest absolute Gasteiger partial charge is 0.435 e. The van der Waals surface area contributed by atoms with Crippen LogP contribution in [0.2, 0.25) is 0 Å². The Kier molecular flexibility index (Phi) is 3.69. The molecule has 9 heteroatoms. The maximum atomic E-state index is 12.3. The smallest absolute Gasteiger partial charge is 0.302 e. The number of benzene rings is 1. The molecule has 1 aliphatic heterocycles. The van der Waals surface area contributed by atoms with Crippen LogP contribution in [0.3, 0.4) is 0 Å². The van der Waals surface area contributed by atoms with Crippen LogP contribution in [-0.4, -0.2) is 59.4 Å². The molecule has 1 aromatic rings. The van der Waals surface area contributed by atoms with Gasteiger partial charge in [0.15, 0.2) is 17.3 Å². The van der Waals surface area contributed by atoms with Gasteiger partial charge in [0.2, 0.25) is 7.85 Å². The molecule has 8 radical (unpaired) electrons. The van der Waals surface area contributed by atoms with Gasteiger partial charge < -0.3 is 19.9 Å². The zero-order chi connectivity index (χ0) is 15.1. The molecule has 0 bridgehead atoms. The van der Waals surface area contributed by atoms with Crippen molar-refractivity contribution in [2.45, 2.75) is 24.1 Å². The van der Waals surface area contributed by atoms with Gasteiger partial charge in [0, 0.05) is 11.0 Å². The van der Waals surface area contributed by atoms with Gasteiger partial charge in [-0.25, -0.2) is 0 Å². The molecule has 2 atom stereocenters. The van der Waals surface area contributed by atoms with Crippen LogP contribution in [0.15, 0.2) is 18.2 Å². The lowest BCUT2D eigenvalue weighted by Crippen LogP contribution is -2.54. The lowest BCUT2D eigenvalue weighted by atomic mass is 9.69. The highest BCUT2D eigenvalue weighted by molar-refractivity contribution is 6.38. The summed E-state index contributed by atoms with van der Waals surface area (Å²) in [6.45, 7) is 1.44. The number of ether oxygens (including phenoxy) is 2. The molecule has 2 N–H and O–H groups in total. The number of hydrogen-bond donors (Lipinski definition) is 2. The van der Waals surface area contributed by atoms with Gasteiger partial charge in [0.05, 0.1) is 15.7 Å². The summed E-state index contributed by atoms with van der Waals surface area (Å²) in [5.41, 5.74) is -1.23. The molecular weight excluding hydrogens is 253 g/mol. The van der Waals surface area contributed by atoms with Crippen LogP contribution < -0.4 is 14.8 Å². The Bertz CT molecular complexity index is 547. The van der Waals surface area contributed by atoms with Gasteiger partial charge in [0.25, 0.3) is 0 Å². The SMILES string of the molecule is [B]C([B])N[C@@]([B])(C)C(=O)c1ccc2c(c1)OC([B])(O)O2. The van der Waals surface area contributed by atoms with Crippen LogP contribution in [0.4, 0.5) is 0 Å². The molecule has 0 saturated heterocycles. The molecule has 20 heavy (non-hydrogen) atoms.